The molecule has 2 aliphatic rings. The molecule has 1 aromatic carbocycles. The van der Waals surface area contributed by atoms with Crippen LogP contribution in [-0.2, 0) is 9.84 Å². The van der Waals surface area contributed by atoms with E-state index in [9.17, 15) is 13.2 Å². The van der Waals surface area contributed by atoms with Gasteiger partial charge in [-0.1, -0.05) is 6.07 Å². The molecule has 0 atom stereocenters. The largest absolute Gasteiger partial charge is 0.423 e. The van der Waals surface area contributed by atoms with E-state index in [2.05, 4.69) is 9.88 Å². The molecule has 0 aliphatic carbocycles. The maximum Gasteiger partial charge on any atom is 0.298 e. The van der Waals surface area contributed by atoms with Gasteiger partial charge in [0.15, 0.2) is 15.4 Å². The third-order valence-corrected chi connectivity index (χ3v) is 6.31. The third-order valence-electron chi connectivity index (χ3n) is 4.70. The maximum atomic E-state index is 11.5. The van der Waals surface area contributed by atoms with Crippen molar-refractivity contribution in [2.45, 2.75) is 6.04 Å². The molecule has 0 bridgehead atoms. The van der Waals surface area contributed by atoms with Gasteiger partial charge < -0.3 is 15.1 Å². The van der Waals surface area contributed by atoms with Crippen LogP contribution in [0.15, 0.2) is 22.6 Å². The first-order valence-electron chi connectivity index (χ1n) is 7.82. The summed E-state index contributed by atoms with van der Waals surface area (Å²) in [5, 5.41) is 0. The van der Waals surface area contributed by atoms with E-state index in [0.29, 0.717) is 41.8 Å². The van der Waals surface area contributed by atoms with Crippen molar-refractivity contribution >= 4 is 32.9 Å². The molecule has 2 aliphatic heterocycles. The molecule has 0 unspecified atom stereocenters. The number of carbonyl (C=O) groups excluding carboxylic acids is 1. The molecule has 1 amide bonds. The molecular formula is C15H18N4O4S. The van der Waals surface area contributed by atoms with Gasteiger partial charge in [-0.2, -0.15) is 4.98 Å². The van der Waals surface area contributed by atoms with Crippen molar-refractivity contribution in [1.82, 2.24) is 9.88 Å². The highest BCUT2D eigenvalue weighted by Crippen LogP contribution is 2.29. The summed E-state index contributed by atoms with van der Waals surface area (Å²) >= 11 is 0. The van der Waals surface area contributed by atoms with Crippen LogP contribution in [0.4, 0.5) is 6.01 Å². The number of nitrogens with two attached hydrogens (primary N) is 1. The van der Waals surface area contributed by atoms with Gasteiger partial charge in [-0.05, 0) is 12.1 Å². The Morgan fingerprint density at radius 1 is 1.25 bits per heavy atom. The van der Waals surface area contributed by atoms with Crippen molar-refractivity contribution in [3.05, 3.63) is 23.8 Å². The lowest BCUT2D eigenvalue weighted by Gasteiger charge is -2.45. The standard InChI is InChI=1S/C15H18N4O4S/c16-14(20)11-2-1-3-12-13(11)17-15(23-12)19-8-10(9-19)18-4-6-24(21,22)7-5-18/h1-3,10H,4-9H2,(H2,16,20). The van der Waals surface area contributed by atoms with Crippen LogP contribution >= 0.6 is 0 Å². The monoisotopic (exact) mass is 350 g/mol. The fourth-order valence-corrected chi connectivity index (χ4v) is 4.43. The zero-order valence-electron chi connectivity index (χ0n) is 13.0. The second-order valence-electron chi connectivity index (χ2n) is 6.26. The van der Waals surface area contributed by atoms with Crippen LogP contribution in [-0.4, -0.2) is 67.9 Å². The van der Waals surface area contributed by atoms with Crippen LogP contribution in [0.2, 0.25) is 0 Å². The van der Waals surface area contributed by atoms with Crippen LogP contribution in [0.25, 0.3) is 11.1 Å². The van der Waals surface area contributed by atoms with Gasteiger partial charge in [0.2, 0.25) is 0 Å². The van der Waals surface area contributed by atoms with Crippen molar-refractivity contribution < 1.29 is 17.6 Å². The molecular weight excluding hydrogens is 332 g/mol. The number of fused-ring (bicyclic) bond motifs is 1. The minimum Gasteiger partial charge on any atom is -0.423 e. The summed E-state index contributed by atoms with van der Waals surface area (Å²) in [6.07, 6.45) is 0. The van der Waals surface area contributed by atoms with Crippen molar-refractivity contribution in [3.63, 3.8) is 0 Å². The van der Waals surface area contributed by atoms with Gasteiger partial charge in [0.05, 0.1) is 17.1 Å². The number of nitrogens with zero attached hydrogens (tertiary/aromatic N) is 3. The zero-order chi connectivity index (χ0) is 16.9. The van der Waals surface area contributed by atoms with E-state index in [1.54, 1.807) is 18.2 Å². The molecule has 1 aromatic heterocycles. The van der Waals surface area contributed by atoms with Crippen molar-refractivity contribution in [2.24, 2.45) is 5.73 Å². The average Bonchev–Trinajstić information content (AvgIpc) is 2.90. The van der Waals surface area contributed by atoms with Crippen LogP contribution in [0.5, 0.6) is 0 Å². The number of amides is 1. The van der Waals surface area contributed by atoms with Crippen LogP contribution in [0.1, 0.15) is 10.4 Å². The topological polar surface area (TPSA) is 110 Å². The number of rotatable bonds is 3. The highest BCUT2D eigenvalue weighted by molar-refractivity contribution is 7.91. The zero-order valence-corrected chi connectivity index (χ0v) is 13.8. The van der Waals surface area contributed by atoms with E-state index in [1.807, 2.05) is 4.90 Å². The molecule has 2 saturated heterocycles. The summed E-state index contributed by atoms with van der Waals surface area (Å²) in [4.78, 5) is 20.1. The quantitative estimate of drug-likeness (QED) is 0.819. The highest BCUT2D eigenvalue weighted by atomic mass is 32.2. The summed E-state index contributed by atoms with van der Waals surface area (Å²) in [5.41, 5.74) is 6.73. The van der Waals surface area contributed by atoms with Crippen molar-refractivity contribution in [1.29, 1.82) is 0 Å². The summed E-state index contributed by atoms with van der Waals surface area (Å²) in [6.45, 7) is 2.64. The predicted molar refractivity (Wildman–Crippen MR) is 88.8 cm³/mol. The summed E-state index contributed by atoms with van der Waals surface area (Å²) in [5.74, 6) is -0.0700. The molecule has 2 aromatic rings. The normalized spacial score (nSPS) is 21.8. The highest BCUT2D eigenvalue weighted by Gasteiger charge is 2.37. The maximum absolute atomic E-state index is 11.5. The van der Waals surface area contributed by atoms with Gasteiger partial charge in [-0.3, -0.25) is 9.69 Å². The number of para-hydroxylation sites is 1. The van der Waals surface area contributed by atoms with E-state index in [1.165, 1.54) is 0 Å². The first-order valence-corrected chi connectivity index (χ1v) is 9.64. The molecule has 0 radical (unpaired) electrons. The first kappa shape index (κ1) is 15.4. The Morgan fingerprint density at radius 2 is 1.96 bits per heavy atom. The minimum atomic E-state index is -2.86. The molecule has 24 heavy (non-hydrogen) atoms. The first-order chi connectivity index (χ1) is 11.4. The summed E-state index contributed by atoms with van der Waals surface area (Å²) in [7, 11) is -2.86. The fourth-order valence-electron chi connectivity index (χ4n) is 3.21. The molecule has 8 nitrogen and oxygen atoms in total. The van der Waals surface area contributed by atoms with Gasteiger partial charge in [-0.25, -0.2) is 8.42 Å². The second-order valence-corrected chi connectivity index (χ2v) is 8.56. The molecule has 4 rings (SSSR count). The Labute approximate surface area is 139 Å². The minimum absolute atomic E-state index is 0.231. The van der Waals surface area contributed by atoms with E-state index in [-0.39, 0.29) is 11.5 Å². The molecule has 9 heteroatoms. The number of sulfone groups is 1. The molecule has 0 spiro atoms. The molecule has 2 N–H and O–H groups in total. The second kappa shape index (κ2) is 5.45. The molecule has 128 valence electrons. The lowest BCUT2D eigenvalue weighted by molar-refractivity contribution is 0.100. The van der Waals surface area contributed by atoms with E-state index in [4.69, 9.17) is 10.2 Å². The van der Waals surface area contributed by atoms with Crippen LogP contribution in [0, 0.1) is 0 Å². The number of hydrogen-bond acceptors (Lipinski definition) is 7. The Bertz CT molecular complexity index is 887. The summed E-state index contributed by atoms with van der Waals surface area (Å²) < 4.78 is 28.7. The predicted octanol–water partition coefficient (Wildman–Crippen LogP) is -0.154. The number of aromatic nitrogens is 1. The number of benzene rings is 1. The number of hydrogen-bond donors (Lipinski definition) is 1. The van der Waals surface area contributed by atoms with Crippen LogP contribution in [0.3, 0.4) is 0 Å². The Hall–Kier alpha value is -2.13. The van der Waals surface area contributed by atoms with Crippen molar-refractivity contribution in [3.8, 4) is 0 Å². The van der Waals surface area contributed by atoms with E-state index < -0.39 is 15.7 Å². The van der Waals surface area contributed by atoms with Gasteiger partial charge in [-0.15, -0.1) is 0 Å². The van der Waals surface area contributed by atoms with Crippen molar-refractivity contribution in [2.75, 3.05) is 42.6 Å². The number of anilines is 1. The summed E-state index contributed by atoms with van der Waals surface area (Å²) in [6, 6.07) is 5.88. The van der Waals surface area contributed by atoms with Gasteiger partial charge >= 0.3 is 0 Å². The lowest BCUT2D eigenvalue weighted by Crippen LogP contribution is -2.62. The smallest absolute Gasteiger partial charge is 0.298 e. The molecule has 3 heterocycles. The number of oxazole rings is 1. The Balaban J connectivity index is 1.47. The Morgan fingerprint density at radius 3 is 2.62 bits per heavy atom. The SMILES string of the molecule is NC(=O)c1cccc2oc(N3CC(N4CCS(=O)(=O)CC4)C3)nc12. The number of carbonyl (C=O) groups is 1. The van der Waals surface area contributed by atoms with Crippen LogP contribution < -0.4 is 10.6 Å². The Kier molecular flexibility index (Phi) is 3.50. The van der Waals surface area contributed by atoms with E-state index >= 15 is 0 Å². The molecule has 0 saturated carbocycles. The van der Waals surface area contributed by atoms with Gasteiger partial charge in [0, 0.05) is 32.2 Å². The molecule has 2 fully saturated rings. The lowest BCUT2D eigenvalue weighted by atomic mass is 10.1. The van der Waals surface area contributed by atoms with Gasteiger partial charge in [0.1, 0.15) is 5.52 Å². The number of primary amides is 1. The fraction of sp³-hybridized carbons (Fsp3) is 0.467. The third kappa shape index (κ3) is 2.63. The van der Waals surface area contributed by atoms with E-state index in [0.717, 1.165) is 13.1 Å². The van der Waals surface area contributed by atoms with Gasteiger partial charge in [0.25, 0.3) is 11.9 Å². The average molecular weight is 350 g/mol.